The van der Waals surface area contributed by atoms with Crippen molar-refractivity contribution in [3.63, 3.8) is 0 Å². The second kappa shape index (κ2) is 6.58. The number of methoxy groups -OCH3 is 1. The average molecular weight is 253 g/mol. The van der Waals surface area contributed by atoms with Crippen LogP contribution in [0.3, 0.4) is 0 Å². The van der Waals surface area contributed by atoms with Crippen molar-refractivity contribution in [2.75, 3.05) is 7.11 Å². The molecule has 1 unspecified atom stereocenters. The molecule has 0 aliphatic rings. The lowest BCUT2D eigenvalue weighted by Crippen LogP contribution is -2.23. The van der Waals surface area contributed by atoms with Gasteiger partial charge >= 0.3 is 5.97 Å². The third-order valence-electron chi connectivity index (χ3n) is 2.64. The fourth-order valence-corrected chi connectivity index (χ4v) is 1.70. The highest BCUT2D eigenvalue weighted by Crippen LogP contribution is 2.21. The summed E-state index contributed by atoms with van der Waals surface area (Å²) in [5.74, 6) is -0.443. The number of carboxylic acids is 1. The van der Waals surface area contributed by atoms with Gasteiger partial charge in [-0.05, 0) is 6.07 Å². The predicted molar refractivity (Wildman–Crippen MR) is 64.4 cm³/mol. The summed E-state index contributed by atoms with van der Waals surface area (Å²) < 4.78 is 5.11. The minimum absolute atomic E-state index is 0.0143. The lowest BCUT2D eigenvalue weighted by atomic mass is 10.0. The van der Waals surface area contributed by atoms with Crippen LogP contribution < -0.4 is 4.74 Å². The molecule has 1 aromatic rings. The normalized spacial score (nSPS) is 11.8. The van der Waals surface area contributed by atoms with Gasteiger partial charge in [-0.25, -0.2) is 0 Å². The molecule has 0 spiro atoms. The van der Waals surface area contributed by atoms with Gasteiger partial charge in [0.1, 0.15) is 5.75 Å². The number of hydrogen-bond donors (Lipinski definition) is 1. The fourth-order valence-electron chi connectivity index (χ4n) is 1.70. The zero-order chi connectivity index (χ0) is 13.5. The van der Waals surface area contributed by atoms with Gasteiger partial charge in [-0.2, -0.15) is 0 Å². The Kier molecular flexibility index (Phi) is 5.10. The van der Waals surface area contributed by atoms with Gasteiger partial charge in [-0.1, -0.05) is 18.2 Å². The van der Waals surface area contributed by atoms with Crippen LogP contribution in [0.15, 0.2) is 24.3 Å². The zero-order valence-corrected chi connectivity index (χ0v) is 10.0. The number of nitro groups is 1. The van der Waals surface area contributed by atoms with Gasteiger partial charge < -0.3 is 9.84 Å². The standard InChI is InChI=1S/C12H15NO5/c1-18-11-5-3-2-4-9(11)8-10(13(16)17)6-7-12(14)15/h2-5,10H,6-8H2,1H3,(H,14,15). The van der Waals surface area contributed by atoms with Crippen LogP contribution in [0.2, 0.25) is 0 Å². The molecule has 0 fully saturated rings. The van der Waals surface area contributed by atoms with Crippen LogP contribution >= 0.6 is 0 Å². The van der Waals surface area contributed by atoms with E-state index in [-0.39, 0.29) is 19.3 Å². The number of para-hydroxylation sites is 1. The van der Waals surface area contributed by atoms with Gasteiger partial charge in [0.15, 0.2) is 0 Å². The van der Waals surface area contributed by atoms with Crippen molar-refractivity contribution in [3.8, 4) is 5.75 Å². The molecule has 0 saturated carbocycles. The Morgan fingerprint density at radius 2 is 2.17 bits per heavy atom. The van der Waals surface area contributed by atoms with Crippen molar-refractivity contribution >= 4 is 5.97 Å². The first-order chi connectivity index (χ1) is 8.54. The van der Waals surface area contributed by atoms with E-state index in [1.54, 1.807) is 24.3 Å². The van der Waals surface area contributed by atoms with Gasteiger partial charge in [-0.15, -0.1) is 0 Å². The van der Waals surface area contributed by atoms with E-state index in [9.17, 15) is 14.9 Å². The molecule has 1 rings (SSSR count). The number of benzene rings is 1. The van der Waals surface area contributed by atoms with Gasteiger partial charge in [0.05, 0.1) is 13.5 Å². The van der Waals surface area contributed by atoms with Gasteiger partial charge in [0.2, 0.25) is 6.04 Å². The third-order valence-corrected chi connectivity index (χ3v) is 2.64. The number of nitrogens with zero attached hydrogens (tertiary/aromatic N) is 1. The molecule has 6 nitrogen and oxygen atoms in total. The molecule has 1 N–H and O–H groups in total. The van der Waals surface area contributed by atoms with Crippen LogP contribution in [-0.4, -0.2) is 29.2 Å². The second-order valence-electron chi connectivity index (χ2n) is 3.89. The van der Waals surface area contributed by atoms with E-state index in [0.717, 1.165) is 0 Å². The molecule has 0 amide bonds. The Bertz CT molecular complexity index is 432. The molecule has 0 bridgehead atoms. The summed E-state index contributed by atoms with van der Waals surface area (Å²) in [6.07, 6.45) is -0.0224. The third kappa shape index (κ3) is 4.04. The molecule has 0 heterocycles. The summed E-state index contributed by atoms with van der Waals surface area (Å²) in [4.78, 5) is 20.9. The summed E-state index contributed by atoms with van der Waals surface area (Å²) in [7, 11) is 1.50. The van der Waals surface area contributed by atoms with Gasteiger partial charge in [0.25, 0.3) is 0 Å². The second-order valence-corrected chi connectivity index (χ2v) is 3.89. The summed E-state index contributed by atoms with van der Waals surface area (Å²) in [6, 6.07) is 6.12. The first kappa shape index (κ1) is 14.0. The molecule has 0 aliphatic heterocycles. The fraction of sp³-hybridized carbons (Fsp3) is 0.417. The van der Waals surface area contributed by atoms with E-state index in [1.165, 1.54) is 7.11 Å². The van der Waals surface area contributed by atoms with Crippen LogP contribution in [0, 0.1) is 10.1 Å². The highest BCUT2D eigenvalue weighted by atomic mass is 16.6. The molecule has 18 heavy (non-hydrogen) atoms. The lowest BCUT2D eigenvalue weighted by Gasteiger charge is -2.11. The van der Waals surface area contributed by atoms with Crippen LogP contribution in [0.4, 0.5) is 0 Å². The molecule has 0 saturated heterocycles. The van der Waals surface area contributed by atoms with E-state index in [2.05, 4.69) is 0 Å². The molecular formula is C12H15NO5. The maximum absolute atomic E-state index is 10.9. The molecule has 0 aromatic heterocycles. The molecule has 1 atom stereocenters. The Labute approximate surface area is 104 Å². The van der Waals surface area contributed by atoms with E-state index in [1.807, 2.05) is 0 Å². The van der Waals surface area contributed by atoms with E-state index in [4.69, 9.17) is 9.84 Å². The number of hydrogen-bond acceptors (Lipinski definition) is 4. The highest BCUT2D eigenvalue weighted by Gasteiger charge is 2.23. The van der Waals surface area contributed by atoms with E-state index in [0.29, 0.717) is 11.3 Å². The van der Waals surface area contributed by atoms with Crippen molar-refractivity contribution in [1.82, 2.24) is 0 Å². The van der Waals surface area contributed by atoms with Crippen LogP contribution in [-0.2, 0) is 11.2 Å². The summed E-state index contributed by atoms with van der Waals surface area (Å²) in [6.45, 7) is 0. The first-order valence-corrected chi connectivity index (χ1v) is 5.51. The molecule has 0 radical (unpaired) electrons. The van der Waals surface area contributed by atoms with Crippen LogP contribution in [0.1, 0.15) is 18.4 Å². The maximum Gasteiger partial charge on any atom is 0.303 e. The van der Waals surface area contributed by atoms with Crippen molar-refractivity contribution in [2.45, 2.75) is 25.3 Å². The Morgan fingerprint density at radius 3 is 2.72 bits per heavy atom. The van der Waals surface area contributed by atoms with E-state index >= 15 is 0 Å². The first-order valence-electron chi connectivity index (χ1n) is 5.51. The number of aliphatic carboxylic acids is 1. The number of rotatable bonds is 7. The summed E-state index contributed by atoms with van der Waals surface area (Å²) in [5.41, 5.74) is 0.715. The summed E-state index contributed by atoms with van der Waals surface area (Å²) >= 11 is 0. The molecule has 0 aliphatic carbocycles. The maximum atomic E-state index is 10.9. The van der Waals surface area contributed by atoms with E-state index < -0.39 is 16.9 Å². The summed E-state index contributed by atoms with van der Waals surface area (Å²) in [5, 5.41) is 19.5. The zero-order valence-electron chi connectivity index (χ0n) is 10.0. The van der Waals surface area contributed by atoms with Crippen LogP contribution in [0.5, 0.6) is 5.75 Å². The monoisotopic (exact) mass is 253 g/mol. The average Bonchev–Trinajstić information content (AvgIpc) is 2.34. The number of ether oxygens (including phenoxy) is 1. The van der Waals surface area contributed by atoms with Crippen LogP contribution in [0.25, 0.3) is 0 Å². The van der Waals surface area contributed by atoms with Gasteiger partial charge in [-0.3, -0.25) is 14.9 Å². The quantitative estimate of drug-likeness (QED) is 0.590. The van der Waals surface area contributed by atoms with Crippen molar-refractivity contribution < 1.29 is 19.6 Å². The molecule has 98 valence electrons. The molecular weight excluding hydrogens is 238 g/mol. The Morgan fingerprint density at radius 1 is 1.50 bits per heavy atom. The van der Waals surface area contributed by atoms with Crippen molar-refractivity contribution in [1.29, 1.82) is 0 Å². The number of carboxylic acid groups (broad SMARTS) is 1. The van der Waals surface area contributed by atoms with Crippen molar-refractivity contribution in [2.24, 2.45) is 0 Å². The molecule has 6 heteroatoms. The lowest BCUT2D eigenvalue weighted by molar-refractivity contribution is -0.522. The Hall–Kier alpha value is -2.11. The predicted octanol–water partition coefficient (Wildman–Crippen LogP) is 1.75. The minimum Gasteiger partial charge on any atom is -0.496 e. The molecule has 1 aromatic carbocycles. The Balaban J connectivity index is 2.76. The van der Waals surface area contributed by atoms with Crippen molar-refractivity contribution in [3.05, 3.63) is 39.9 Å². The topological polar surface area (TPSA) is 89.7 Å². The number of carbonyl (C=O) groups is 1. The SMILES string of the molecule is COc1ccccc1CC(CCC(=O)O)[N+](=O)[O-]. The minimum atomic E-state index is -1.03. The van der Waals surface area contributed by atoms with Gasteiger partial charge in [0, 0.05) is 23.3 Å². The largest absolute Gasteiger partial charge is 0.496 e. The highest BCUT2D eigenvalue weighted by molar-refractivity contribution is 5.66. The smallest absolute Gasteiger partial charge is 0.303 e.